The Hall–Kier alpha value is -2.51. The summed E-state index contributed by atoms with van der Waals surface area (Å²) in [5, 5.41) is 16.6. The topological polar surface area (TPSA) is 105 Å². The molecule has 2 aromatic carbocycles. The molecule has 0 bridgehead atoms. The van der Waals surface area contributed by atoms with Gasteiger partial charge >= 0.3 is 0 Å². The lowest BCUT2D eigenvalue weighted by Crippen LogP contribution is -1.74. The zero-order valence-corrected chi connectivity index (χ0v) is 11.2. The minimum absolute atomic E-state index is 0.715. The van der Waals surface area contributed by atoms with Crippen LogP contribution in [0.15, 0.2) is 60.7 Å². The van der Waals surface area contributed by atoms with Gasteiger partial charge in [-0.15, -0.1) is 0 Å². The number of hydrogen-bond acceptors (Lipinski definition) is 3. The fourth-order valence-corrected chi connectivity index (χ4v) is 1.03. The highest BCUT2D eigenvalue weighted by molar-refractivity contribution is 7.73. The van der Waals surface area contributed by atoms with Gasteiger partial charge in [-0.05, 0) is 24.3 Å². The van der Waals surface area contributed by atoms with E-state index in [1.807, 2.05) is 48.5 Å². The molecule has 5 nitrogen and oxygen atoms in total. The third-order valence-corrected chi connectivity index (χ3v) is 1.81. The van der Waals surface area contributed by atoms with Crippen LogP contribution in [0.25, 0.3) is 0 Å². The molecule has 0 aliphatic carbocycles. The van der Waals surface area contributed by atoms with Gasteiger partial charge in [-0.25, -0.2) is 0 Å². The van der Waals surface area contributed by atoms with E-state index >= 15 is 0 Å². The highest BCUT2D eigenvalue weighted by Crippen LogP contribution is 1.93. The Bertz CT molecular complexity index is 536. The number of hydrogen-bond donors (Lipinski definition) is 2. The summed E-state index contributed by atoms with van der Waals surface area (Å²) in [6.45, 7) is 0. The van der Waals surface area contributed by atoms with Gasteiger partial charge in [0.25, 0.3) is 11.4 Å². The molecule has 0 heterocycles. The largest absolute Gasteiger partial charge is 0.299 e. The molecule has 0 aliphatic rings. The van der Waals surface area contributed by atoms with Crippen LogP contribution in [0.1, 0.15) is 11.1 Å². The maximum absolute atomic E-state index is 8.67. The van der Waals surface area contributed by atoms with E-state index in [0.717, 1.165) is 0 Å². The van der Waals surface area contributed by atoms with Crippen LogP contribution in [0.3, 0.4) is 0 Å². The van der Waals surface area contributed by atoms with Gasteiger partial charge in [0, 0.05) is 0 Å². The number of rotatable bonds is 0. The first kappa shape index (κ1) is 17.5. The predicted octanol–water partition coefficient (Wildman–Crippen LogP) is 2.80. The summed E-state index contributed by atoms with van der Waals surface area (Å²) < 4.78 is 22.8. The highest BCUT2D eigenvalue weighted by Gasteiger charge is 1.80. The van der Waals surface area contributed by atoms with Crippen molar-refractivity contribution in [3.63, 3.8) is 0 Å². The Morgan fingerprint density at radius 2 is 1.00 bits per heavy atom. The standard InChI is InChI=1S/2C7H5N.H2O3S/c2*8-6-7-4-2-1-3-5-7;1-4(2)3/h2*1-5H;(H2,1,2,3). The molecule has 0 saturated carbocycles. The fraction of sp³-hybridized carbons (Fsp3) is 0. The first-order chi connectivity index (χ1) is 9.60. The van der Waals surface area contributed by atoms with Gasteiger partial charge in [-0.3, -0.25) is 9.11 Å². The SMILES string of the molecule is N#Cc1ccccc1.N#Cc1ccccc1.O=S(O)O. The number of benzene rings is 2. The molecular formula is C14H12N2O3S. The second kappa shape index (κ2) is 11.6. The highest BCUT2D eigenvalue weighted by atomic mass is 32.2. The van der Waals surface area contributed by atoms with Crippen LogP contribution in [0.4, 0.5) is 0 Å². The van der Waals surface area contributed by atoms with E-state index in [2.05, 4.69) is 0 Å². The first-order valence-corrected chi connectivity index (χ1v) is 6.36. The van der Waals surface area contributed by atoms with Gasteiger partial charge in [-0.1, -0.05) is 36.4 Å². The lowest BCUT2D eigenvalue weighted by Gasteiger charge is -1.80. The summed E-state index contributed by atoms with van der Waals surface area (Å²) in [5.74, 6) is 0. The van der Waals surface area contributed by atoms with Crippen LogP contribution < -0.4 is 0 Å². The van der Waals surface area contributed by atoms with E-state index in [9.17, 15) is 0 Å². The van der Waals surface area contributed by atoms with E-state index < -0.39 is 11.4 Å². The Morgan fingerprint density at radius 3 is 1.15 bits per heavy atom. The molecule has 2 aromatic rings. The maximum Gasteiger partial charge on any atom is 0.299 e. The Morgan fingerprint density at radius 1 is 0.750 bits per heavy atom. The molecule has 20 heavy (non-hydrogen) atoms. The van der Waals surface area contributed by atoms with Crippen molar-refractivity contribution in [2.45, 2.75) is 0 Å². The van der Waals surface area contributed by atoms with E-state index in [0.29, 0.717) is 11.1 Å². The summed E-state index contributed by atoms with van der Waals surface area (Å²) in [5.41, 5.74) is 1.43. The van der Waals surface area contributed by atoms with E-state index in [1.54, 1.807) is 24.3 Å². The monoisotopic (exact) mass is 288 g/mol. The molecule has 0 unspecified atom stereocenters. The van der Waals surface area contributed by atoms with Crippen molar-refractivity contribution in [1.29, 1.82) is 10.5 Å². The smallest absolute Gasteiger partial charge is 0.284 e. The zero-order chi connectivity index (χ0) is 15.2. The average Bonchev–Trinajstić information content (AvgIpc) is 2.49. The van der Waals surface area contributed by atoms with Gasteiger partial charge in [0.05, 0.1) is 23.3 Å². The van der Waals surface area contributed by atoms with Crippen molar-refractivity contribution in [3.8, 4) is 12.1 Å². The molecule has 102 valence electrons. The molecule has 0 aromatic heterocycles. The molecule has 0 radical (unpaired) electrons. The van der Waals surface area contributed by atoms with Crippen LogP contribution in [0.5, 0.6) is 0 Å². The molecule has 0 saturated heterocycles. The van der Waals surface area contributed by atoms with Crippen molar-refractivity contribution < 1.29 is 13.3 Å². The third kappa shape index (κ3) is 10.6. The second-order valence-electron chi connectivity index (χ2n) is 3.19. The van der Waals surface area contributed by atoms with E-state index in [4.69, 9.17) is 23.8 Å². The summed E-state index contributed by atoms with van der Waals surface area (Å²) in [7, 11) is 0. The van der Waals surface area contributed by atoms with Crippen molar-refractivity contribution in [1.82, 2.24) is 0 Å². The molecule has 2 N–H and O–H groups in total. The maximum atomic E-state index is 8.67. The fourth-order valence-electron chi connectivity index (χ4n) is 1.03. The van der Waals surface area contributed by atoms with Gasteiger partial charge in [0.1, 0.15) is 0 Å². The predicted molar refractivity (Wildman–Crippen MR) is 75.7 cm³/mol. The normalized spacial score (nSPS) is 8.05. The lowest BCUT2D eigenvalue weighted by atomic mass is 10.2. The first-order valence-electron chi connectivity index (χ1n) is 5.30. The number of nitrogens with zero attached hydrogens (tertiary/aromatic N) is 2. The summed E-state index contributed by atoms with van der Waals surface area (Å²) in [6.07, 6.45) is 0. The van der Waals surface area contributed by atoms with Crippen LogP contribution in [0, 0.1) is 22.7 Å². The molecule has 2 rings (SSSR count). The molecule has 0 fully saturated rings. The van der Waals surface area contributed by atoms with Crippen molar-refractivity contribution in [3.05, 3.63) is 71.8 Å². The zero-order valence-electron chi connectivity index (χ0n) is 10.4. The van der Waals surface area contributed by atoms with Crippen LogP contribution >= 0.6 is 0 Å². The third-order valence-electron chi connectivity index (χ3n) is 1.81. The summed E-state index contributed by atoms with van der Waals surface area (Å²) in [6, 6.07) is 22.3. The van der Waals surface area contributed by atoms with Crippen molar-refractivity contribution in [2.24, 2.45) is 0 Å². The van der Waals surface area contributed by atoms with Crippen LogP contribution in [-0.2, 0) is 11.4 Å². The van der Waals surface area contributed by atoms with Crippen molar-refractivity contribution >= 4 is 11.4 Å². The van der Waals surface area contributed by atoms with Gasteiger partial charge in [-0.2, -0.15) is 14.7 Å². The minimum atomic E-state index is -2.61. The van der Waals surface area contributed by atoms with Gasteiger partial charge < -0.3 is 0 Å². The summed E-state index contributed by atoms with van der Waals surface area (Å²) in [4.78, 5) is 0. The summed E-state index contributed by atoms with van der Waals surface area (Å²) >= 11 is -2.61. The van der Waals surface area contributed by atoms with Crippen LogP contribution in [-0.4, -0.2) is 13.3 Å². The molecule has 0 aliphatic heterocycles. The Kier molecular flexibility index (Phi) is 10.1. The quantitative estimate of drug-likeness (QED) is 0.725. The average molecular weight is 288 g/mol. The van der Waals surface area contributed by atoms with Crippen molar-refractivity contribution in [2.75, 3.05) is 0 Å². The van der Waals surface area contributed by atoms with E-state index in [1.165, 1.54) is 0 Å². The Labute approximate surface area is 119 Å². The van der Waals surface area contributed by atoms with Gasteiger partial charge in [0.2, 0.25) is 0 Å². The van der Waals surface area contributed by atoms with Crippen LogP contribution in [0.2, 0.25) is 0 Å². The molecular weight excluding hydrogens is 276 g/mol. The Balaban J connectivity index is 0.000000289. The number of nitriles is 2. The lowest BCUT2D eigenvalue weighted by molar-refractivity contribution is 0.454. The minimum Gasteiger partial charge on any atom is -0.284 e. The molecule has 0 atom stereocenters. The van der Waals surface area contributed by atoms with Gasteiger partial charge in [0.15, 0.2) is 0 Å². The van der Waals surface area contributed by atoms with E-state index in [-0.39, 0.29) is 0 Å². The molecule has 6 heteroatoms. The molecule has 0 spiro atoms. The molecule has 0 amide bonds. The second-order valence-corrected chi connectivity index (χ2v) is 3.65.